The first-order chi connectivity index (χ1) is 11.2. The summed E-state index contributed by atoms with van der Waals surface area (Å²) in [4.78, 5) is 20.2. The average molecular weight is 329 g/mol. The van der Waals surface area contributed by atoms with Gasteiger partial charge in [0.25, 0.3) is 5.91 Å². The zero-order valence-electron chi connectivity index (χ0n) is 13.7. The smallest absolute Gasteiger partial charge is 0.265 e. The molecule has 0 spiro atoms. The van der Waals surface area contributed by atoms with Gasteiger partial charge in [0.15, 0.2) is 0 Å². The molecule has 1 fully saturated rings. The van der Waals surface area contributed by atoms with Gasteiger partial charge in [0.05, 0.1) is 5.69 Å². The standard InChI is InChI=1S/C18H23N3OS/c1-13-16(23-17(20-13)15-6-4-3-5-7-15)18(22)21-10-8-14(9-11-21)12-19-2/h3-7,14,19H,8-12H2,1-2H3. The minimum Gasteiger partial charge on any atom is -0.338 e. The van der Waals surface area contributed by atoms with E-state index in [1.807, 2.05) is 49.2 Å². The SMILES string of the molecule is CNCC1CCN(C(=O)c2sc(-c3ccccc3)nc2C)CC1. The lowest BCUT2D eigenvalue weighted by Gasteiger charge is -2.31. The van der Waals surface area contributed by atoms with Crippen LogP contribution in [0.15, 0.2) is 30.3 Å². The Hall–Kier alpha value is -1.72. The molecule has 1 amide bonds. The van der Waals surface area contributed by atoms with Gasteiger partial charge in [0.2, 0.25) is 0 Å². The van der Waals surface area contributed by atoms with Gasteiger partial charge in [-0.25, -0.2) is 4.98 Å². The molecule has 2 aromatic rings. The number of aryl methyl sites for hydroxylation is 1. The van der Waals surface area contributed by atoms with E-state index in [0.717, 1.165) is 53.6 Å². The summed E-state index contributed by atoms with van der Waals surface area (Å²) < 4.78 is 0. The molecule has 0 radical (unpaired) electrons. The fourth-order valence-electron chi connectivity index (χ4n) is 3.07. The quantitative estimate of drug-likeness (QED) is 0.937. The van der Waals surface area contributed by atoms with Crippen LogP contribution < -0.4 is 5.32 Å². The summed E-state index contributed by atoms with van der Waals surface area (Å²) in [5.74, 6) is 0.830. The number of nitrogens with zero attached hydrogens (tertiary/aromatic N) is 2. The molecule has 5 heteroatoms. The Bertz CT molecular complexity index is 660. The maximum atomic E-state index is 12.8. The topological polar surface area (TPSA) is 45.2 Å². The van der Waals surface area contributed by atoms with Crippen LogP contribution in [0.1, 0.15) is 28.2 Å². The van der Waals surface area contributed by atoms with Crippen molar-refractivity contribution in [2.75, 3.05) is 26.7 Å². The van der Waals surface area contributed by atoms with Gasteiger partial charge in [-0.05, 0) is 39.3 Å². The summed E-state index contributed by atoms with van der Waals surface area (Å²) in [6.07, 6.45) is 2.16. The summed E-state index contributed by atoms with van der Waals surface area (Å²) in [5, 5.41) is 4.16. The first kappa shape index (κ1) is 16.1. The number of carbonyl (C=O) groups excluding carboxylic acids is 1. The molecule has 1 aromatic carbocycles. The number of nitrogens with one attached hydrogen (secondary N) is 1. The van der Waals surface area contributed by atoms with Gasteiger partial charge in [0.1, 0.15) is 9.88 Å². The lowest BCUT2D eigenvalue weighted by molar-refractivity contribution is 0.0695. The van der Waals surface area contributed by atoms with Crippen molar-refractivity contribution in [3.05, 3.63) is 40.9 Å². The fourth-order valence-corrected chi connectivity index (χ4v) is 4.11. The van der Waals surface area contributed by atoms with Crippen molar-refractivity contribution in [1.82, 2.24) is 15.2 Å². The first-order valence-corrected chi connectivity index (χ1v) is 8.97. The monoisotopic (exact) mass is 329 g/mol. The van der Waals surface area contributed by atoms with E-state index in [9.17, 15) is 4.79 Å². The second-order valence-electron chi connectivity index (χ2n) is 6.09. The molecule has 3 rings (SSSR count). The molecule has 0 aliphatic carbocycles. The fraction of sp³-hybridized carbons (Fsp3) is 0.444. The highest BCUT2D eigenvalue weighted by molar-refractivity contribution is 7.17. The number of hydrogen-bond acceptors (Lipinski definition) is 4. The largest absolute Gasteiger partial charge is 0.338 e. The Kier molecular flexibility index (Phi) is 5.08. The maximum absolute atomic E-state index is 12.8. The zero-order valence-corrected chi connectivity index (χ0v) is 14.5. The van der Waals surface area contributed by atoms with Crippen LogP contribution >= 0.6 is 11.3 Å². The van der Waals surface area contributed by atoms with Crippen LogP contribution in [0.5, 0.6) is 0 Å². The van der Waals surface area contributed by atoms with Crippen LogP contribution in [0.4, 0.5) is 0 Å². The third-order valence-corrected chi connectivity index (χ3v) is 5.60. The number of rotatable bonds is 4. The normalized spacial score (nSPS) is 15.8. The summed E-state index contributed by atoms with van der Waals surface area (Å²) in [5.41, 5.74) is 1.92. The van der Waals surface area contributed by atoms with Crippen LogP contribution in [0.25, 0.3) is 10.6 Å². The van der Waals surface area contributed by atoms with Gasteiger partial charge in [0, 0.05) is 18.7 Å². The number of amides is 1. The summed E-state index contributed by atoms with van der Waals surface area (Å²) in [6, 6.07) is 10.1. The van der Waals surface area contributed by atoms with E-state index in [2.05, 4.69) is 10.3 Å². The highest BCUT2D eigenvalue weighted by Crippen LogP contribution is 2.29. The van der Waals surface area contributed by atoms with Crippen molar-refractivity contribution in [3.8, 4) is 10.6 Å². The molecule has 122 valence electrons. The van der Waals surface area contributed by atoms with Crippen molar-refractivity contribution < 1.29 is 4.79 Å². The molecule has 0 bridgehead atoms. The highest BCUT2D eigenvalue weighted by Gasteiger charge is 2.26. The van der Waals surface area contributed by atoms with Gasteiger partial charge in [-0.15, -0.1) is 11.3 Å². The lowest BCUT2D eigenvalue weighted by Crippen LogP contribution is -2.40. The van der Waals surface area contributed by atoms with Crippen molar-refractivity contribution in [3.63, 3.8) is 0 Å². The molecular formula is C18H23N3OS. The molecule has 0 saturated carbocycles. The lowest BCUT2D eigenvalue weighted by atomic mass is 9.97. The number of carbonyl (C=O) groups is 1. The van der Waals surface area contributed by atoms with Crippen molar-refractivity contribution >= 4 is 17.2 Å². The summed E-state index contributed by atoms with van der Waals surface area (Å²) >= 11 is 1.51. The minimum absolute atomic E-state index is 0.144. The van der Waals surface area contributed by atoms with Gasteiger partial charge >= 0.3 is 0 Å². The summed E-state index contributed by atoms with van der Waals surface area (Å²) in [7, 11) is 1.99. The van der Waals surface area contributed by atoms with E-state index < -0.39 is 0 Å². The Morgan fingerprint density at radius 2 is 2.00 bits per heavy atom. The predicted molar refractivity (Wildman–Crippen MR) is 94.8 cm³/mol. The van der Waals surface area contributed by atoms with Crippen LogP contribution in [-0.2, 0) is 0 Å². The molecule has 4 nitrogen and oxygen atoms in total. The third-order valence-electron chi connectivity index (χ3n) is 4.41. The van der Waals surface area contributed by atoms with Crippen molar-refractivity contribution in [2.45, 2.75) is 19.8 Å². The number of piperidine rings is 1. The predicted octanol–water partition coefficient (Wildman–Crippen LogP) is 3.19. The zero-order chi connectivity index (χ0) is 16.2. The molecule has 1 aliphatic heterocycles. The van der Waals surface area contributed by atoms with Gasteiger partial charge in [-0.3, -0.25) is 4.79 Å². The van der Waals surface area contributed by atoms with Gasteiger partial charge in [-0.1, -0.05) is 30.3 Å². The highest BCUT2D eigenvalue weighted by atomic mass is 32.1. The second kappa shape index (κ2) is 7.23. The van der Waals surface area contributed by atoms with Crippen LogP contribution in [0.2, 0.25) is 0 Å². The van der Waals surface area contributed by atoms with E-state index >= 15 is 0 Å². The Balaban J connectivity index is 1.72. The van der Waals surface area contributed by atoms with Gasteiger partial charge < -0.3 is 10.2 Å². The molecule has 1 N–H and O–H groups in total. The van der Waals surface area contributed by atoms with E-state index in [-0.39, 0.29) is 5.91 Å². The Labute approximate surface area is 141 Å². The van der Waals surface area contributed by atoms with Crippen LogP contribution in [-0.4, -0.2) is 42.5 Å². The first-order valence-electron chi connectivity index (χ1n) is 8.15. The van der Waals surface area contributed by atoms with E-state index in [1.54, 1.807) is 0 Å². The molecule has 0 unspecified atom stereocenters. The second-order valence-corrected chi connectivity index (χ2v) is 7.09. The Morgan fingerprint density at radius 1 is 1.30 bits per heavy atom. The number of aromatic nitrogens is 1. The number of thiazole rings is 1. The van der Waals surface area contributed by atoms with Crippen LogP contribution in [0, 0.1) is 12.8 Å². The number of likely N-dealkylation sites (tertiary alicyclic amines) is 1. The molecule has 23 heavy (non-hydrogen) atoms. The van der Waals surface area contributed by atoms with Crippen molar-refractivity contribution in [1.29, 1.82) is 0 Å². The van der Waals surface area contributed by atoms with Gasteiger partial charge in [-0.2, -0.15) is 0 Å². The molecule has 1 saturated heterocycles. The minimum atomic E-state index is 0.144. The van der Waals surface area contributed by atoms with E-state index in [0.29, 0.717) is 5.92 Å². The molecule has 0 atom stereocenters. The molecule has 1 aliphatic rings. The summed E-state index contributed by atoms with van der Waals surface area (Å²) in [6.45, 7) is 4.68. The number of hydrogen-bond donors (Lipinski definition) is 1. The van der Waals surface area contributed by atoms with Crippen LogP contribution in [0.3, 0.4) is 0 Å². The Morgan fingerprint density at radius 3 is 2.65 bits per heavy atom. The van der Waals surface area contributed by atoms with E-state index in [1.165, 1.54) is 11.3 Å². The van der Waals surface area contributed by atoms with Crippen molar-refractivity contribution in [2.24, 2.45) is 5.92 Å². The number of benzene rings is 1. The molecular weight excluding hydrogens is 306 g/mol. The molecule has 1 aromatic heterocycles. The third kappa shape index (κ3) is 3.62. The average Bonchev–Trinajstić information content (AvgIpc) is 2.98. The maximum Gasteiger partial charge on any atom is 0.265 e. The molecule has 2 heterocycles. The van der Waals surface area contributed by atoms with E-state index in [4.69, 9.17) is 0 Å².